The van der Waals surface area contributed by atoms with Crippen LogP contribution in [0.25, 0.3) is 16.3 Å². The summed E-state index contributed by atoms with van der Waals surface area (Å²) in [4.78, 5) is 18.8. The SMILES string of the molecule is CN(C)CCN(Cc1ccccc1)C(=O)c1cc(-c2cccs2)nn1-c1ccccc1. The van der Waals surface area contributed by atoms with Crippen LogP contribution in [0.3, 0.4) is 0 Å². The molecule has 0 bridgehead atoms. The third kappa shape index (κ3) is 5.10. The molecule has 4 aromatic rings. The third-order valence-electron chi connectivity index (χ3n) is 5.02. The molecule has 0 aliphatic heterocycles. The minimum Gasteiger partial charge on any atom is -0.332 e. The summed E-state index contributed by atoms with van der Waals surface area (Å²) in [5.41, 5.74) is 3.37. The van der Waals surface area contributed by atoms with E-state index in [1.54, 1.807) is 16.0 Å². The first-order valence-electron chi connectivity index (χ1n) is 10.3. The van der Waals surface area contributed by atoms with E-state index in [1.165, 1.54) is 0 Å². The molecule has 2 aromatic heterocycles. The largest absolute Gasteiger partial charge is 0.332 e. The highest BCUT2D eigenvalue weighted by atomic mass is 32.1. The van der Waals surface area contributed by atoms with Crippen molar-refractivity contribution < 1.29 is 4.79 Å². The third-order valence-corrected chi connectivity index (χ3v) is 5.92. The Balaban J connectivity index is 1.72. The average molecular weight is 431 g/mol. The van der Waals surface area contributed by atoms with Crippen LogP contribution >= 0.6 is 11.3 Å². The second kappa shape index (κ2) is 9.73. The topological polar surface area (TPSA) is 41.4 Å². The predicted octanol–water partition coefficient (Wildman–Crippen LogP) is 4.80. The fraction of sp³-hybridized carbons (Fsp3) is 0.200. The van der Waals surface area contributed by atoms with Crippen molar-refractivity contribution in [3.05, 3.63) is 95.5 Å². The van der Waals surface area contributed by atoms with Gasteiger partial charge in [-0.3, -0.25) is 4.79 Å². The standard InChI is InChI=1S/C25H26N4OS/c1-27(2)15-16-28(19-20-10-5-3-6-11-20)25(30)23-18-22(24-14-9-17-31-24)26-29(23)21-12-7-4-8-13-21/h3-14,17-18H,15-16,19H2,1-2H3. The fourth-order valence-corrected chi connectivity index (χ4v) is 4.06. The van der Waals surface area contributed by atoms with Gasteiger partial charge in [-0.15, -0.1) is 11.3 Å². The molecule has 0 unspecified atom stereocenters. The van der Waals surface area contributed by atoms with Crippen LogP contribution in [0.5, 0.6) is 0 Å². The van der Waals surface area contributed by atoms with Crippen molar-refractivity contribution in [2.75, 3.05) is 27.2 Å². The molecule has 0 saturated heterocycles. The molecule has 1 amide bonds. The van der Waals surface area contributed by atoms with Gasteiger partial charge in [-0.25, -0.2) is 4.68 Å². The molecule has 0 radical (unpaired) electrons. The molecule has 0 saturated carbocycles. The smallest absolute Gasteiger partial charge is 0.272 e. The summed E-state index contributed by atoms with van der Waals surface area (Å²) >= 11 is 1.62. The molecule has 158 valence electrons. The number of amides is 1. The normalized spacial score (nSPS) is 11.1. The molecule has 31 heavy (non-hydrogen) atoms. The van der Waals surface area contributed by atoms with E-state index in [1.807, 2.05) is 91.1 Å². The summed E-state index contributed by atoms with van der Waals surface area (Å²) in [5, 5.41) is 6.82. The molecule has 2 aromatic carbocycles. The van der Waals surface area contributed by atoms with E-state index in [0.717, 1.165) is 28.4 Å². The van der Waals surface area contributed by atoms with Crippen LogP contribution < -0.4 is 0 Å². The highest BCUT2D eigenvalue weighted by Crippen LogP contribution is 2.26. The van der Waals surface area contributed by atoms with Crippen molar-refractivity contribution in [2.24, 2.45) is 0 Å². The van der Waals surface area contributed by atoms with Crippen LogP contribution in [-0.2, 0) is 6.54 Å². The van der Waals surface area contributed by atoms with Gasteiger partial charge in [0.25, 0.3) is 5.91 Å². The monoisotopic (exact) mass is 430 g/mol. The number of benzene rings is 2. The predicted molar refractivity (Wildman–Crippen MR) is 127 cm³/mol. The lowest BCUT2D eigenvalue weighted by atomic mass is 10.2. The van der Waals surface area contributed by atoms with Crippen molar-refractivity contribution in [1.82, 2.24) is 19.6 Å². The van der Waals surface area contributed by atoms with Gasteiger partial charge in [-0.05, 0) is 49.3 Å². The lowest BCUT2D eigenvalue weighted by Crippen LogP contribution is -2.37. The van der Waals surface area contributed by atoms with Crippen molar-refractivity contribution in [3.63, 3.8) is 0 Å². The van der Waals surface area contributed by atoms with Gasteiger partial charge in [0, 0.05) is 19.6 Å². The lowest BCUT2D eigenvalue weighted by molar-refractivity contribution is 0.0722. The van der Waals surface area contributed by atoms with Crippen LogP contribution in [0, 0.1) is 0 Å². The fourth-order valence-electron chi connectivity index (χ4n) is 3.38. The Morgan fingerprint density at radius 1 is 0.935 bits per heavy atom. The second-order valence-electron chi connectivity index (χ2n) is 7.66. The second-order valence-corrected chi connectivity index (χ2v) is 8.60. The van der Waals surface area contributed by atoms with Gasteiger partial charge in [0.15, 0.2) is 0 Å². The number of likely N-dealkylation sites (N-methyl/N-ethyl adjacent to an activating group) is 1. The highest BCUT2D eigenvalue weighted by molar-refractivity contribution is 7.13. The summed E-state index contributed by atoms with van der Waals surface area (Å²) in [6, 6.07) is 25.9. The zero-order valence-corrected chi connectivity index (χ0v) is 18.6. The molecule has 0 aliphatic carbocycles. The summed E-state index contributed by atoms with van der Waals surface area (Å²) in [7, 11) is 4.04. The van der Waals surface area contributed by atoms with Crippen molar-refractivity contribution in [1.29, 1.82) is 0 Å². The maximum atomic E-state index is 13.8. The minimum absolute atomic E-state index is 0.0233. The maximum absolute atomic E-state index is 13.8. The van der Waals surface area contributed by atoms with E-state index in [9.17, 15) is 4.79 Å². The Morgan fingerprint density at radius 2 is 1.65 bits per heavy atom. The molecular formula is C25H26N4OS. The Labute approximate surface area is 187 Å². The number of carbonyl (C=O) groups excluding carboxylic acids is 1. The van der Waals surface area contributed by atoms with E-state index in [4.69, 9.17) is 5.10 Å². The van der Waals surface area contributed by atoms with Crippen molar-refractivity contribution >= 4 is 17.2 Å². The minimum atomic E-state index is -0.0233. The Bertz CT molecular complexity index is 1110. The number of nitrogens with zero attached hydrogens (tertiary/aromatic N) is 4. The van der Waals surface area contributed by atoms with E-state index in [2.05, 4.69) is 17.0 Å². The number of hydrogen-bond donors (Lipinski definition) is 0. The van der Waals surface area contributed by atoms with Crippen LogP contribution in [0.15, 0.2) is 84.2 Å². The van der Waals surface area contributed by atoms with Gasteiger partial charge in [0.1, 0.15) is 11.4 Å². The first kappa shape index (κ1) is 21.0. The number of rotatable bonds is 8. The van der Waals surface area contributed by atoms with Crippen molar-refractivity contribution in [3.8, 4) is 16.3 Å². The van der Waals surface area contributed by atoms with Gasteiger partial charge in [-0.1, -0.05) is 54.6 Å². The summed E-state index contributed by atoms with van der Waals surface area (Å²) < 4.78 is 1.77. The van der Waals surface area contributed by atoms with Gasteiger partial charge >= 0.3 is 0 Å². The van der Waals surface area contributed by atoms with E-state index in [0.29, 0.717) is 18.8 Å². The van der Waals surface area contributed by atoms with Crippen LogP contribution in [0.4, 0.5) is 0 Å². The van der Waals surface area contributed by atoms with E-state index in [-0.39, 0.29) is 5.91 Å². The molecule has 2 heterocycles. The number of aromatic nitrogens is 2. The van der Waals surface area contributed by atoms with Crippen LogP contribution in [0.1, 0.15) is 16.1 Å². The number of thiophene rings is 1. The number of hydrogen-bond acceptors (Lipinski definition) is 4. The first-order valence-corrected chi connectivity index (χ1v) is 11.2. The molecule has 5 nitrogen and oxygen atoms in total. The molecule has 0 spiro atoms. The Hall–Kier alpha value is -3.22. The maximum Gasteiger partial charge on any atom is 0.272 e. The van der Waals surface area contributed by atoms with Crippen LogP contribution in [0.2, 0.25) is 0 Å². The number of para-hydroxylation sites is 1. The van der Waals surface area contributed by atoms with E-state index < -0.39 is 0 Å². The first-order chi connectivity index (χ1) is 15.1. The van der Waals surface area contributed by atoms with Crippen molar-refractivity contribution in [2.45, 2.75) is 6.54 Å². The summed E-state index contributed by atoms with van der Waals surface area (Å²) in [6.45, 7) is 1.98. The Kier molecular flexibility index (Phi) is 6.60. The molecule has 6 heteroatoms. The lowest BCUT2D eigenvalue weighted by Gasteiger charge is -2.25. The molecule has 0 fully saturated rings. The molecule has 0 atom stereocenters. The van der Waals surface area contributed by atoms with Gasteiger partial charge in [-0.2, -0.15) is 5.10 Å². The number of carbonyl (C=O) groups is 1. The zero-order chi connectivity index (χ0) is 21.6. The zero-order valence-electron chi connectivity index (χ0n) is 17.8. The molecular weight excluding hydrogens is 404 g/mol. The molecule has 0 aliphatic rings. The Morgan fingerprint density at radius 3 is 2.29 bits per heavy atom. The summed E-state index contributed by atoms with van der Waals surface area (Å²) in [5.74, 6) is -0.0233. The molecule has 4 rings (SSSR count). The average Bonchev–Trinajstić information content (AvgIpc) is 3.47. The van der Waals surface area contributed by atoms with Gasteiger partial charge < -0.3 is 9.80 Å². The van der Waals surface area contributed by atoms with Crippen LogP contribution in [-0.4, -0.2) is 52.7 Å². The van der Waals surface area contributed by atoms with Gasteiger partial charge in [0.2, 0.25) is 0 Å². The van der Waals surface area contributed by atoms with E-state index >= 15 is 0 Å². The quantitative estimate of drug-likeness (QED) is 0.403. The highest BCUT2D eigenvalue weighted by Gasteiger charge is 2.23. The van der Waals surface area contributed by atoms with Gasteiger partial charge in [0.05, 0.1) is 10.6 Å². The summed E-state index contributed by atoms with van der Waals surface area (Å²) in [6.07, 6.45) is 0. The molecule has 0 N–H and O–H groups in total.